The highest BCUT2D eigenvalue weighted by Gasteiger charge is 2.19. The summed E-state index contributed by atoms with van der Waals surface area (Å²) in [5.41, 5.74) is 2.10. The van der Waals surface area contributed by atoms with E-state index in [1.165, 1.54) is 5.69 Å². The van der Waals surface area contributed by atoms with Crippen LogP contribution in [0.1, 0.15) is 32.2 Å². The number of nitrogens with zero attached hydrogens (tertiary/aromatic N) is 2. The molecule has 1 N–H and O–H groups in total. The number of H-pyrrole nitrogens is 1. The highest BCUT2D eigenvalue weighted by Crippen LogP contribution is 2.22. The lowest BCUT2D eigenvalue weighted by Crippen LogP contribution is -2.18. The number of hydrogen-bond donors (Lipinski definition) is 1. The van der Waals surface area contributed by atoms with Gasteiger partial charge in [0.25, 0.3) is 0 Å². The molecule has 5 heteroatoms. The van der Waals surface area contributed by atoms with Gasteiger partial charge in [-0.05, 0) is 12.2 Å². The predicted molar refractivity (Wildman–Crippen MR) is 63.9 cm³/mol. The van der Waals surface area contributed by atoms with E-state index in [1.807, 2.05) is 16.8 Å². The van der Waals surface area contributed by atoms with Crippen molar-refractivity contribution in [3.8, 4) is 0 Å². The highest BCUT2D eigenvalue weighted by atomic mass is 32.1. The third kappa shape index (κ3) is 2.09. The minimum absolute atomic E-state index is 0.0529. The van der Waals surface area contributed by atoms with Crippen molar-refractivity contribution in [2.75, 3.05) is 0 Å². The summed E-state index contributed by atoms with van der Waals surface area (Å²) in [4.78, 5) is 3.08. The van der Waals surface area contributed by atoms with Crippen molar-refractivity contribution in [2.24, 2.45) is 0 Å². The Morgan fingerprint density at radius 2 is 2.25 bits per heavy atom. The lowest BCUT2D eigenvalue weighted by atomic mass is 9.92. The maximum Gasteiger partial charge on any atom is 0.177 e. The van der Waals surface area contributed by atoms with Crippen molar-refractivity contribution >= 4 is 12.2 Å². The first-order chi connectivity index (χ1) is 7.48. The lowest BCUT2D eigenvalue weighted by Gasteiger charge is -2.20. The van der Waals surface area contributed by atoms with E-state index >= 15 is 0 Å². The molecule has 2 aromatic heterocycles. The average molecular weight is 237 g/mol. The zero-order valence-electron chi connectivity index (χ0n) is 9.65. The first-order valence-corrected chi connectivity index (χ1v) is 5.57. The van der Waals surface area contributed by atoms with E-state index in [1.54, 1.807) is 6.26 Å². The monoisotopic (exact) mass is 237 g/mol. The van der Waals surface area contributed by atoms with Gasteiger partial charge in [0, 0.05) is 23.4 Å². The van der Waals surface area contributed by atoms with E-state index in [4.69, 9.17) is 16.7 Å². The molecule has 0 saturated carbocycles. The molecule has 86 valence electrons. The van der Waals surface area contributed by atoms with Gasteiger partial charge in [0.15, 0.2) is 4.77 Å². The van der Waals surface area contributed by atoms with Crippen molar-refractivity contribution in [1.82, 2.24) is 14.7 Å². The maximum atomic E-state index is 5.26. The smallest absolute Gasteiger partial charge is 0.177 e. The van der Waals surface area contributed by atoms with E-state index in [2.05, 4.69) is 30.9 Å². The number of aromatic nitrogens is 3. The third-order valence-electron chi connectivity index (χ3n) is 2.45. The Balaban J connectivity index is 2.40. The SMILES string of the molecule is CC(C)(C)c1c[nH]c(=S)n1Cc1ccon1. The van der Waals surface area contributed by atoms with Gasteiger partial charge in [0.2, 0.25) is 0 Å². The molecule has 0 amide bonds. The number of hydrogen-bond acceptors (Lipinski definition) is 3. The summed E-state index contributed by atoms with van der Waals surface area (Å²) in [5, 5.41) is 3.90. The number of nitrogens with one attached hydrogen (secondary N) is 1. The lowest BCUT2D eigenvalue weighted by molar-refractivity contribution is 0.407. The van der Waals surface area contributed by atoms with E-state index in [0.29, 0.717) is 11.3 Å². The summed E-state index contributed by atoms with van der Waals surface area (Å²) in [7, 11) is 0. The minimum atomic E-state index is 0.0529. The fourth-order valence-electron chi connectivity index (χ4n) is 1.65. The van der Waals surface area contributed by atoms with Crippen molar-refractivity contribution in [1.29, 1.82) is 0 Å². The van der Waals surface area contributed by atoms with Crippen molar-refractivity contribution in [3.63, 3.8) is 0 Å². The molecule has 0 aromatic carbocycles. The molecule has 0 aliphatic carbocycles. The van der Waals surface area contributed by atoms with Crippen molar-refractivity contribution in [2.45, 2.75) is 32.7 Å². The van der Waals surface area contributed by atoms with Crippen LogP contribution < -0.4 is 0 Å². The van der Waals surface area contributed by atoms with Crippen LogP contribution >= 0.6 is 12.2 Å². The van der Waals surface area contributed by atoms with Crippen LogP contribution in [0.15, 0.2) is 23.0 Å². The van der Waals surface area contributed by atoms with Crippen molar-refractivity contribution in [3.05, 3.63) is 34.7 Å². The zero-order valence-corrected chi connectivity index (χ0v) is 10.5. The van der Waals surface area contributed by atoms with E-state index in [0.717, 1.165) is 5.69 Å². The molecule has 0 radical (unpaired) electrons. The summed E-state index contributed by atoms with van der Waals surface area (Å²) in [6.45, 7) is 7.12. The number of imidazole rings is 1. The Bertz CT molecular complexity index is 516. The molecule has 0 atom stereocenters. The summed E-state index contributed by atoms with van der Waals surface area (Å²) in [5.74, 6) is 0. The largest absolute Gasteiger partial charge is 0.364 e. The van der Waals surface area contributed by atoms with Gasteiger partial charge < -0.3 is 14.1 Å². The Morgan fingerprint density at radius 3 is 2.81 bits per heavy atom. The first-order valence-electron chi connectivity index (χ1n) is 5.16. The van der Waals surface area contributed by atoms with Gasteiger partial charge >= 0.3 is 0 Å². The topological polar surface area (TPSA) is 46.8 Å². The predicted octanol–water partition coefficient (Wildman–Crippen LogP) is 2.88. The molecule has 0 fully saturated rings. The Hall–Kier alpha value is -1.36. The van der Waals surface area contributed by atoms with Gasteiger partial charge in [0.1, 0.15) is 12.0 Å². The van der Waals surface area contributed by atoms with Crippen LogP contribution in [0.5, 0.6) is 0 Å². The van der Waals surface area contributed by atoms with Gasteiger partial charge in [-0.2, -0.15) is 0 Å². The van der Waals surface area contributed by atoms with E-state index in [9.17, 15) is 0 Å². The Labute approximate surface area is 99.3 Å². The minimum Gasteiger partial charge on any atom is -0.364 e. The van der Waals surface area contributed by atoms with Crippen LogP contribution in [0, 0.1) is 4.77 Å². The quantitative estimate of drug-likeness (QED) is 0.817. The van der Waals surface area contributed by atoms with Crippen LogP contribution in [0.3, 0.4) is 0 Å². The van der Waals surface area contributed by atoms with Crippen LogP contribution in [0.25, 0.3) is 0 Å². The molecule has 0 spiro atoms. The van der Waals surface area contributed by atoms with Crippen LogP contribution in [0.4, 0.5) is 0 Å². The number of aromatic amines is 1. The van der Waals surface area contributed by atoms with Crippen molar-refractivity contribution < 1.29 is 4.52 Å². The molecular weight excluding hydrogens is 222 g/mol. The molecule has 0 saturated heterocycles. The van der Waals surface area contributed by atoms with Gasteiger partial charge in [0.05, 0.1) is 6.54 Å². The second-order valence-corrected chi connectivity index (χ2v) is 5.19. The van der Waals surface area contributed by atoms with Gasteiger partial charge in [-0.25, -0.2) is 0 Å². The Morgan fingerprint density at radius 1 is 1.50 bits per heavy atom. The summed E-state index contributed by atoms with van der Waals surface area (Å²) in [6, 6.07) is 1.85. The molecule has 2 aromatic rings. The second kappa shape index (κ2) is 3.90. The van der Waals surface area contributed by atoms with Gasteiger partial charge in [-0.1, -0.05) is 25.9 Å². The second-order valence-electron chi connectivity index (χ2n) is 4.81. The Kier molecular flexibility index (Phi) is 2.71. The first kappa shape index (κ1) is 11.1. The number of rotatable bonds is 2. The zero-order chi connectivity index (χ0) is 11.8. The molecular formula is C11H15N3OS. The molecule has 16 heavy (non-hydrogen) atoms. The third-order valence-corrected chi connectivity index (χ3v) is 2.79. The molecule has 4 nitrogen and oxygen atoms in total. The molecule has 2 heterocycles. The van der Waals surface area contributed by atoms with Crippen LogP contribution in [-0.4, -0.2) is 14.7 Å². The normalized spacial score (nSPS) is 11.9. The van der Waals surface area contributed by atoms with E-state index < -0.39 is 0 Å². The molecule has 0 aliphatic rings. The fourth-order valence-corrected chi connectivity index (χ4v) is 1.88. The molecule has 0 bridgehead atoms. The maximum absolute atomic E-state index is 5.26. The highest BCUT2D eigenvalue weighted by molar-refractivity contribution is 7.71. The summed E-state index contributed by atoms with van der Waals surface area (Å²) in [6.07, 6.45) is 3.53. The van der Waals surface area contributed by atoms with Gasteiger partial charge in [-0.15, -0.1) is 0 Å². The molecule has 0 aliphatic heterocycles. The standard InChI is InChI=1S/C11H15N3OS/c1-11(2,3)9-6-12-10(16)14(9)7-8-4-5-15-13-8/h4-6H,7H2,1-3H3,(H,12,16). The summed E-state index contributed by atoms with van der Waals surface area (Å²) < 4.78 is 7.59. The van der Waals surface area contributed by atoms with E-state index in [-0.39, 0.29) is 5.41 Å². The van der Waals surface area contributed by atoms with Crippen LogP contribution in [0.2, 0.25) is 0 Å². The van der Waals surface area contributed by atoms with Crippen LogP contribution in [-0.2, 0) is 12.0 Å². The average Bonchev–Trinajstić information content (AvgIpc) is 2.76. The summed E-state index contributed by atoms with van der Waals surface area (Å²) >= 11 is 5.26. The molecule has 0 unspecified atom stereocenters. The van der Waals surface area contributed by atoms with Gasteiger partial charge in [-0.3, -0.25) is 0 Å². The molecule has 2 rings (SSSR count). The fraction of sp³-hybridized carbons (Fsp3) is 0.455.